The lowest BCUT2D eigenvalue weighted by molar-refractivity contribution is 0.0971. The molecule has 115 heavy (non-hydrogen) atoms. The second-order valence-corrected chi connectivity index (χ2v) is 36.4. The lowest BCUT2D eigenvalue weighted by atomic mass is 10.1. The number of aromatic nitrogens is 8. The number of nitrogens with zero attached hydrogens (tertiary/aromatic N) is 13. The maximum Gasteiger partial charge on any atom is 0.172 e. The van der Waals surface area contributed by atoms with Crippen LogP contribution in [0, 0.1) is 0 Å². The first-order valence-corrected chi connectivity index (χ1v) is 45.9. The van der Waals surface area contributed by atoms with Gasteiger partial charge < -0.3 is 29.8 Å². The number of ketones is 4. The van der Waals surface area contributed by atoms with E-state index in [-0.39, 0.29) is 23.1 Å². The number of halogens is 4. The van der Waals surface area contributed by atoms with Gasteiger partial charge in [0, 0.05) is 157 Å². The summed E-state index contributed by atoms with van der Waals surface area (Å²) in [4.78, 5) is 70.8. The number of fused-ring (bicyclic) bond motifs is 4. The minimum atomic E-state index is 0.220. The van der Waals surface area contributed by atoms with Crippen molar-refractivity contribution in [3.05, 3.63) is 161 Å². The predicted octanol–water partition coefficient (Wildman–Crippen LogP) is 21.4. The Morgan fingerprint density at radius 1 is 0.365 bits per heavy atom. The fourth-order valence-corrected chi connectivity index (χ4v) is 19.8. The number of likely N-dealkylation sites (tertiary alicyclic amines) is 2. The third kappa shape index (κ3) is 24.0. The Morgan fingerprint density at radius 3 is 1.01 bits per heavy atom. The van der Waals surface area contributed by atoms with Gasteiger partial charge in [-0.15, -0.1) is 45.3 Å². The summed E-state index contributed by atoms with van der Waals surface area (Å²) in [5, 5.41) is 29.1. The molecule has 0 bridgehead atoms. The average molecular weight is 1710 g/mol. The average Bonchev–Trinajstić information content (AvgIpc) is 1.64. The van der Waals surface area contributed by atoms with E-state index in [9.17, 15) is 19.2 Å². The number of hydrogen-bond donors (Lipinski definition) is 1. The monoisotopic (exact) mass is 1710 g/mol. The van der Waals surface area contributed by atoms with Gasteiger partial charge >= 0.3 is 0 Å². The normalized spacial score (nSPS) is 14.5. The van der Waals surface area contributed by atoms with Gasteiger partial charge in [-0.1, -0.05) is 128 Å². The van der Waals surface area contributed by atoms with E-state index in [0.717, 1.165) is 222 Å². The highest BCUT2D eigenvalue weighted by Gasteiger charge is 2.24. The van der Waals surface area contributed by atoms with Crippen LogP contribution >= 0.6 is 91.8 Å². The number of aryl methyl sites for hydroxylation is 4. The zero-order valence-corrected chi connectivity index (χ0v) is 74.0. The topological polar surface area (TPSA) is 168 Å². The highest BCUT2D eigenvalue weighted by Crippen LogP contribution is 2.40. The number of thiophene rings is 4. The van der Waals surface area contributed by atoms with Crippen molar-refractivity contribution >= 4 is 156 Å². The van der Waals surface area contributed by atoms with Crippen molar-refractivity contribution in [3.63, 3.8) is 0 Å². The minimum absolute atomic E-state index is 0.220. The summed E-state index contributed by atoms with van der Waals surface area (Å²) in [6.07, 6.45) is 18.8. The van der Waals surface area contributed by atoms with Gasteiger partial charge in [0.1, 0.15) is 42.1 Å². The molecule has 0 atom stereocenters. The van der Waals surface area contributed by atoms with Gasteiger partial charge in [0.15, 0.2) is 23.1 Å². The molecule has 0 spiro atoms. The summed E-state index contributed by atoms with van der Waals surface area (Å²) in [6, 6.07) is 38.8. The number of piperazine rings is 1. The second-order valence-electron chi connectivity index (χ2n) is 30.5. The molecule has 3 fully saturated rings. The third-order valence-corrected chi connectivity index (χ3v) is 27.9. The van der Waals surface area contributed by atoms with Gasteiger partial charge in [0.25, 0.3) is 0 Å². The SMILES string of the molecule is CCCCN(CC)CCCC(=O)c1cc2c(-c3ccc(Cl)cc3)nn(C)c2s1.CN1CCN(CCCCC(=O)c2cc3c(-c4ccc(Cl)cc4)nn(C)c3s2)CC1.Cn1nc(-c2ccc(Cl)cc2)c2cc(C(=O)CCCCN3CCCC3)sc21.Cn1nc(-c2ccc(Cl)cc2)c2cc(C(=O)CCCNCCN3CCCCCC3)sc21. The molecule has 1 N–H and O–H groups in total. The molecule has 0 unspecified atom stereocenters. The Hall–Kier alpha value is -6.84. The Labute approximate surface area is 713 Å². The van der Waals surface area contributed by atoms with Gasteiger partial charge in [-0.05, 0) is 216 Å². The van der Waals surface area contributed by atoms with E-state index in [1.807, 2.05) is 168 Å². The number of Topliss-reactive ketones (excluding diaryl/α,β-unsaturated/α-hetero) is 4. The molecule has 0 amide bonds. The summed E-state index contributed by atoms with van der Waals surface area (Å²) in [7, 11) is 9.90. The minimum Gasteiger partial charge on any atom is -0.315 e. The van der Waals surface area contributed by atoms with Crippen LogP contribution in [0.5, 0.6) is 0 Å². The number of likely N-dealkylation sites (N-methyl/N-ethyl adjacent to an activating group) is 1. The van der Waals surface area contributed by atoms with Crippen LogP contribution in [0.15, 0.2) is 121 Å². The van der Waals surface area contributed by atoms with Gasteiger partial charge in [-0.2, -0.15) is 20.4 Å². The van der Waals surface area contributed by atoms with E-state index in [0.29, 0.717) is 45.8 Å². The molecular weight excluding hydrogens is 1600 g/mol. The fraction of sp³-hybridized carbons (Fsp3) is 0.461. The highest BCUT2D eigenvalue weighted by atomic mass is 35.5. The largest absolute Gasteiger partial charge is 0.315 e. The number of rotatable bonds is 33. The Balaban J connectivity index is 0.000000142. The summed E-state index contributed by atoms with van der Waals surface area (Å²) >= 11 is 30.2. The number of unbranched alkanes of at least 4 members (excludes halogenated alkanes) is 3. The predicted molar refractivity (Wildman–Crippen MR) is 484 cm³/mol. The summed E-state index contributed by atoms with van der Waals surface area (Å²) in [5.41, 5.74) is 7.69. The van der Waals surface area contributed by atoms with Crippen molar-refractivity contribution in [1.29, 1.82) is 0 Å². The first-order valence-electron chi connectivity index (χ1n) is 41.1. The van der Waals surface area contributed by atoms with Crippen molar-refractivity contribution in [1.82, 2.24) is 68.9 Å². The van der Waals surface area contributed by atoms with Gasteiger partial charge in [0.2, 0.25) is 0 Å². The van der Waals surface area contributed by atoms with Crippen molar-refractivity contribution in [2.45, 2.75) is 129 Å². The van der Waals surface area contributed by atoms with Crippen molar-refractivity contribution in [2.24, 2.45) is 28.2 Å². The van der Waals surface area contributed by atoms with Gasteiger partial charge in [-0.25, -0.2) is 0 Å². The second kappa shape index (κ2) is 43.2. The van der Waals surface area contributed by atoms with Crippen molar-refractivity contribution < 1.29 is 19.2 Å². The maximum atomic E-state index is 12.8. The lowest BCUT2D eigenvalue weighted by Crippen LogP contribution is -2.44. The van der Waals surface area contributed by atoms with Crippen LogP contribution in [0.3, 0.4) is 0 Å². The number of carbonyl (C=O) groups is 4. The first kappa shape index (κ1) is 87.5. The fourth-order valence-electron chi connectivity index (χ4n) is 15.2. The third-order valence-electron chi connectivity index (χ3n) is 21.9. The number of nitrogens with one attached hydrogen (secondary N) is 1. The Bertz CT molecular complexity index is 5130. The number of benzene rings is 4. The van der Waals surface area contributed by atoms with E-state index in [1.54, 1.807) is 34.0 Å². The van der Waals surface area contributed by atoms with Crippen molar-refractivity contribution in [3.8, 4) is 45.0 Å². The molecule has 3 aliphatic heterocycles. The van der Waals surface area contributed by atoms with Gasteiger partial charge in [0.05, 0.1) is 19.5 Å². The van der Waals surface area contributed by atoms with Crippen LogP contribution in [-0.2, 0) is 28.2 Å². The van der Waals surface area contributed by atoms with Crippen molar-refractivity contribution in [2.75, 3.05) is 112 Å². The molecule has 8 aromatic heterocycles. The summed E-state index contributed by atoms with van der Waals surface area (Å²) in [6.45, 7) is 22.3. The molecule has 11 heterocycles. The van der Waals surface area contributed by atoms with Crippen LogP contribution in [0.1, 0.15) is 168 Å². The molecule has 612 valence electrons. The van der Waals surface area contributed by atoms with Crippen LogP contribution < -0.4 is 5.32 Å². The maximum absolute atomic E-state index is 12.8. The molecule has 4 aromatic carbocycles. The van der Waals surface area contributed by atoms with Crippen LogP contribution in [-0.4, -0.2) is 199 Å². The van der Waals surface area contributed by atoms with Gasteiger partial charge in [-0.3, -0.25) is 37.9 Å². The van der Waals surface area contributed by atoms with E-state index < -0.39 is 0 Å². The molecule has 3 aliphatic rings. The molecular formula is C89H110Cl4N14O4S4. The molecule has 26 heteroatoms. The summed E-state index contributed by atoms with van der Waals surface area (Å²) < 4.78 is 7.47. The lowest BCUT2D eigenvalue weighted by Gasteiger charge is -2.32. The van der Waals surface area contributed by atoms with Crippen LogP contribution in [0.4, 0.5) is 0 Å². The number of carbonyl (C=O) groups excluding carboxylic acids is 4. The molecule has 3 saturated heterocycles. The molecule has 12 aromatic rings. The molecule has 18 nitrogen and oxygen atoms in total. The molecule has 15 rings (SSSR count). The van der Waals surface area contributed by atoms with Crippen LogP contribution in [0.25, 0.3) is 85.9 Å². The van der Waals surface area contributed by atoms with Crippen LogP contribution in [0.2, 0.25) is 20.1 Å². The van der Waals surface area contributed by atoms with E-state index >= 15 is 0 Å². The quantitative estimate of drug-likeness (QED) is 0.0305. The summed E-state index contributed by atoms with van der Waals surface area (Å²) in [5.74, 6) is 0.943. The standard InChI is InChI=1S/C24H31ClN4OS.C22H27ClN4OS.C22H28ClN3OS.C21H24ClN3OS/c1-28-24-20(23(27-28)18-8-10-19(25)11-9-18)17-22(31-24)21(30)7-6-12-26-13-16-29-14-4-2-3-5-15-29;1-25-11-13-27(14-12-25)10-4-3-5-19(28)20-15-18-21(24-26(2)22(18)29-20)16-6-8-17(23)9-7-16;1-4-6-13-26(5-2)14-7-8-19(27)20-15-18-21(24-25(3)22(18)28-20)16-9-11-17(23)12-10-16;1-24-21-17(20(23-24)15-7-9-16(22)10-8-15)14-19(27-21)18(26)6-2-3-11-25-12-4-5-13-25/h8-11,17,26H,2-7,12-16H2,1H3;6-9,15H,3-5,10-14H2,1-2H3;9-12,15H,4-8,13-14H2,1-3H3;7-10,14H,2-6,11-13H2,1H3. The Morgan fingerprint density at radius 2 is 0.670 bits per heavy atom. The number of hydrogen-bond acceptors (Lipinski definition) is 18. The Kier molecular flexibility index (Phi) is 32.9. The van der Waals surface area contributed by atoms with E-state index in [1.165, 1.54) is 88.9 Å². The molecule has 0 aliphatic carbocycles. The zero-order chi connectivity index (χ0) is 80.9. The zero-order valence-electron chi connectivity index (χ0n) is 67.7. The smallest absolute Gasteiger partial charge is 0.172 e. The molecule has 0 radical (unpaired) electrons. The highest BCUT2D eigenvalue weighted by molar-refractivity contribution is 7.21. The van der Waals surface area contributed by atoms with E-state index in [4.69, 9.17) is 46.4 Å². The molecule has 0 saturated carbocycles. The first-order chi connectivity index (χ1) is 55.8. The van der Waals surface area contributed by atoms with E-state index in [2.05, 4.69) is 71.1 Å².